The third kappa shape index (κ3) is 4.25. The van der Waals surface area contributed by atoms with Crippen LogP contribution in [-0.4, -0.2) is 11.3 Å². The molecule has 1 aromatic heterocycles. The fraction of sp³-hybridized carbons (Fsp3) is 0.400. The van der Waals surface area contributed by atoms with Gasteiger partial charge in [-0.3, -0.25) is 4.98 Å². The van der Waals surface area contributed by atoms with Crippen molar-refractivity contribution in [1.29, 1.82) is 0 Å². The van der Waals surface area contributed by atoms with E-state index in [1.54, 1.807) is 12.1 Å². The van der Waals surface area contributed by atoms with E-state index in [0.29, 0.717) is 5.92 Å². The number of carbonyl (C=O) groups excluding carboxylic acids is 1. The Morgan fingerprint density at radius 1 is 1.04 bits per heavy atom. The minimum atomic E-state index is -0.227. The predicted molar refractivity (Wildman–Crippen MR) is 89.5 cm³/mol. The molecule has 2 aromatic rings. The van der Waals surface area contributed by atoms with E-state index in [1.807, 2.05) is 12.3 Å². The van der Waals surface area contributed by atoms with Crippen molar-refractivity contribution in [3.05, 3.63) is 54.0 Å². The molecule has 3 heteroatoms. The minimum Gasteiger partial charge on any atom is -0.303 e. The largest absolute Gasteiger partial charge is 0.303 e. The molecule has 1 aliphatic carbocycles. The highest BCUT2D eigenvalue weighted by molar-refractivity contribution is 5.58. The lowest BCUT2D eigenvalue weighted by Gasteiger charge is -2.25. The average molecular weight is 311 g/mol. The van der Waals surface area contributed by atoms with Crippen LogP contribution in [0.25, 0.3) is 11.3 Å². The number of hydrogen-bond donors (Lipinski definition) is 0. The number of carbonyl (C=O) groups is 1. The number of nitrogens with zero attached hydrogens (tertiary/aromatic N) is 1. The summed E-state index contributed by atoms with van der Waals surface area (Å²) in [6, 6.07) is 10.5. The molecule has 3 rings (SSSR count). The van der Waals surface area contributed by atoms with Gasteiger partial charge in [0, 0.05) is 17.7 Å². The lowest BCUT2D eigenvalue weighted by Crippen LogP contribution is -2.15. The molecule has 0 spiro atoms. The first-order valence-corrected chi connectivity index (χ1v) is 8.41. The summed E-state index contributed by atoms with van der Waals surface area (Å²) in [5.41, 5.74) is 3.05. The van der Waals surface area contributed by atoms with Crippen molar-refractivity contribution in [2.45, 2.75) is 38.5 Å². The number of pyridine rings is 1. The second-order valence-electron chi connectivity index (χ2n) is 6.51. The number of aromatic nitrogens is 1. The van der Waals surface area contributed by atoms with E-state index in [-0.39, 0.29) is 5.82 Å². The number of rotatable bonds is 5. The van der Waals surface area contributed by atoms with Gasteiger partial charge in [-0.15, -0.1) is 0 Å². The van der Waals surface area contributed by atoms with Crippen LogP contribution >= 0.6 is 0 Å². The minimum absolute atomic E-state index is 0.227. The molecule has 0 saturated heterocycles. The number of halogens is 1. The van der Waals surface area contributed by atoms with Gasteiger partial charge in [-0.1, -0.05) is 6.07 Å². The molecule has 0 aliphatic heterocycles. The second kappa shape index (κ2) is 7.49. The summed E-state index contributed by atoms with van der Waals surface area (Å²) >= 11 is 0. The monoisotopic (exact) mass is 311 g/mol. The molecule has 1 aromatic carbocycles. The highest BCUT2D eigenvalue weighted by Crippen LogP contribution is 2.30. The molecule has 2 nitrogen and oxygen atoms in total. The van der Waals surface area contributed by atoms with E-state index in [1.165, 1.54) is 37.0 Å². The average Bonchev–Trinajstić information content (AvgIpc) is 2.61. The Labute approximate surface area is 136 Å². The zero-order valence-corrected chi connectivity index (χ0v) is 13.2. The van der Waals surface area contributed by atoms with Crippen molar-refractivity contribution >= 4 is 6.29 Å². The molecular weight excluding hydrogens is 289 g/mol. The van der Waals surface area contributed by atoms with E-state index in [0.717, 1.165) is 42.7 Å². The maximum atomic E-state index is 13.0. The maximum Gasteiger partial charge on any atom is 0.123 e. The number of benzene rings is 1. The summed E-state index contributed by atoms with van der Waals surface area (Å²) in [7, 11) is 0. The van der Waals surface area contributed by atoms with E-state index in [4.69, 9.17) is 0 Å². The Morgan fingerprint density at radius 2 is 1.78 bits per heavy atom. The topological polar surface area (TPSA) is 30.0 Å². The van der Waals surface area contributed by atoms with Crippen molar-refractivity contribution in [1.82, 2.24) is 4.98 Å². The van der Waals surface area contributed by atoms with E-state index in [2.05, 4.69) is 11.1 Å². The van der Waals surface area contributed by atoms with Crippen molar-refractivity contribution in [2.24, 2.45) is 11.8 Å². The summed E-state index contributed by atoms with van der Waals surface area (Å²) < 4.78 is 13.0. The first-order valence-electron chi connectivity index (χ1n) is 8.41. The van der Waals surface area contributed by atoms with Crippen LogP contribution in [0.3, 0.4) is 0 Å². The van der Waals surface area contributed by atoms with Crippen LogP contribution in [0.4, 0.5) is 4.39 Å². The van der Waals surface area contributed by atoms with Gasteiger partial charge in [0.25, 0.3) is 0 Å². The SMILES string of the molecule is O=CC1CCC(CCc2ccc(-c3ccc(F)cc3)nc2)CC1. The molecule has 1 heterocycles. The molecule has 0 bridgehead atoms. The standard InChI is InChI=1S/C20H22FNO/c21-19-10-8-18(9-11-19)20-12-7-16(13-22-20)4-1-15-2-5-17(14-23)6-3-15/h7-15,17H,1-6H2. The van der Waals surface area contributed by atoms with Crippen LogP contribution in [0, 0.1) is 17.7 Å². The zero-order valence-electron chi connectivity index (χ0n) is 13.2. The van der Waals surface area contributed by atoms with Crippen LogP contribution in [0.5, 0.6) is 0 Å². The zero-order chi connectivity index (χ0) is 16.1. The van der Waals surface area contributed by atoms with Gasteiger partial charge in [0.15, 0.2) is 0 Å². The van der Waals surface area contributed by atoms with Crippen molar-refractivity contribution in [2.75, 3.05) is 0 Å². The Kier molecular flexibility index (Phi) is 5.16. The lowest BCUT2D eigenvalue weighted by atomic mass is 9.80. The lowest BCUT2D eigenvalue weighted by molar-refractivity contribution is -0.112. The number of aldehydes is 1. The third-order valence-electron chi connectivity index (χ3n) is 4.89. The molecule has 0 radical (unpaired) electrons. The summed E-state index contributed by atoms with van der Waals surface area (Å²) in [6.45, 7) is 0. The van der Waals surface area contributed by atoms with Crippen LogP contribution in [0.15, 0.2) is 42.6 Å². The Hall–Kier alpha value is -2.03. The van der Waals surface area contributed by atoms with Gasteiger partial charge in [-0.2, -0.15) is 0 Å². The van der Waals surface area contributed by atoms with Crippen LogP contribution in [0.1, 0.15) is 37.7 Å². The first kappa shape index (κ1) is 15.9. The Balaban J connectivity index is 1.54. The fourth-order valence-corrected chi connectivity index (χ4v) is 3.35. The molecule has 120 valence electrons. The summed E-state index contributed by atoms with van der Waals surface area (Å²) in [4.78, 5) is 15.3. The van der Waals surface area contributed by atoms with E-state index in [9.17, 15) is 9.18 Å². The van der Waals surface area contributed by atoms with Gasteiger partial charge < -0.3 is 4.79 Å². The summed E-state index contributed by atoms with van der Waals surface area (Å²) in [5, 5.41) is 0. The molecule has 23 heavy (non-hydrogen) atoms. The smallest absolute Gasteiger partial charge is 0.123 e. The molecule has 0 atom stereocenters. The molecule has 0 amide bonds. The quantitative estimate of drug-likeness (QED) is 0.741. The van der Waals surface area contributed by atoms with Crippen molar-refractivity contribution in [3.8, 4) is 11.3 Å². The predicted octanol–water partition coefficient (Wildman–Crippen LogP) is 4.83. The maximum absolute atomic E-state index is 13.0. The number of aryl methyl sites for hydroxylation is 1. The van der Waals surface area contributed by atoms with Crippen molar-refractivity contribution in [3.63, 3.8) is 0 Å². The molecule has 1 saturated carbocycles. The molecule has 0 N–H and O–H groups in total. The fourth-order valence-electron chi connectivity index (χ4n) is 3.35. The summed E-state index contributed by atoms with van der Waals surface area (Å²) in [6.07, 6.45) is 9.70. The third-order valence-corrected chi connectivity index (χ3v) is 4.89. The van der Waals surface area contributed by atoms with Gasteiger partial charge in [0.05, 0.1) is 5.69 Å². The number of hydrogen-bond acceptors (Lipinski definition) is 2. The highest BCUT2D eigenvalue weighted by Gasteiger charge is 2.20. The molecule has 1 aliphatic rings. The van der Waals surface area contributed by atoms with Gasteiger partial charge in [0.2, 0.25) is 0 Å². The highest BCUT2D eigenvalue weighted by atomic mass is 19.1. The normalized spacial score (nSPS) is 21.1. The van der Waals surface area contributed by atoms with Gasteiger partial charge in [-0.05, 0) is 80.3 Å². The Morgan fingerprint density at radius 3 is 2.39 bits per heavy atom. The second-order valence-corrected chi connectivity index (χ2v) is 6.51. The molecule has 1 fully saturated rings. The van der Waals surface area contributed by atoms with Gasteiger partial charge in [0.1, 0.15) is 12.1 Å². The van der Waals surface area contributed by atoms with Gasteiger partial charge >= 0.3 is 0 Å². The van der Waals surface area contributed by atoms with Crippen molar-refractivity contribution < 1.29 is 9.18 Å². The van der Waals surface area contributed by atoms with Crippen LogP contribution < -0.4 is 0 Å². The first-order chi connectivity index (χ1) is 11.2. The van der Waals surface area contributed by atoms with Crippen LogP contribution in [-0.2, 0) is 11.2 Å². The van der Waals surface area contributed by atoms with E-state index < -0.39 is 0 Å². The van der Waals surface area contributed by atoms with Gasteiger partial charge in [-0.25, -0.2) is 4.39 Å². The summed E-state index contributed by atoms with van der Waals surface area (Å²) in [5.74, 6) is 0.806. The van der Waals surface area contributed by atoms with E-state index >= 15 is 0 Å². The Bertz CT molecular complexity index is 628. The molecule has 0 unspecified atom stereocenters. The van der Waals surface area contributed by atoms with Crippen LogP contribution in [0.2, 0.25) is 0 Å². The molecular formula is C20H22FNO.